The second kappa shape index (κ2) is 8.67. The Balaban J connectivity index is 1.62. The van der Waals surface area contributed by atoms with Crippen LogP contribution in [0.3, 0.4) is 0 Å². The van der Waals surface area contributed by atoms with Crippen molar-refractivity contribution in [2.45, 2.75) is 38.2 Å². The van der Waals surface area contributed by atoms with Crippen LogP contribution in [0.25, 0.3) is 0 Å². The molecule has 4 heteroatoms. The minimum Gasteiger partial charge on any atom is -0.490 e. The fourth-order valence-corrected chi connectivity index (χ4v) is 3.23. The van der Waals surface area contributed by atoms with Crippen LogP contribution in [0.15, 0.2) is 48.5 Å². The van der Waals surface area contributed by atoms with Crippen molar-refractivity contribution in [2.75, 3.05) is 18.9 Å². The van der Waals surface area contributed by atoms with Gasteiger partial charge in [0.1, 0.15) is 5.75 Å². The second-order valence-corrected chi connectivity index (χ2v) is 6.51. The zero-order valence-corrected chi connectivity index (χ0v) is 14.8. The summed E-state index contributed by atoms with van der Waals surface area (Å²) in [6.45, 7) is 0.845. The van der Waals surface area contributed by atoms with E-state index in [1.807, 2.05) is 55.6 Å². The highest BCUT2D eigenvalue weighted by atomic mass is 16.5. The van der Waals surface area contributed by atoms with Gasteiger partial charge >= 0.3 is 0 Å². The Kier molecular flexibility index (Phi) is 6.07. The van der Waals surface area contributed by atoms with Gasteiger partial charge < -0.3 is 15.4 Å². The van der Waals surface area contributed by atoms with Gasteiger partial charge in [0.05, 0.1) is 6.10 Å². The summed E-state index contributed by atoms with van der Waals surface area (Å²) >= 11 is 0. The van der Waals surface area contributed by atoms with E-state index < -0.39 is 0 Å². The molecular weight excluding hydrogens is 312 g/mol. The molecule has 1 fully saturated rings. The lowest BCUT2D eigenvalue weighted by Crippen LogP contribution is -2.17. The van der Waals surface area contributed by atoms with E-state index in [2.05, 4.69) is 10.6 Å². The van der Waals surface area contributed by atoms with E-state index in [1.165, 1.54) is 12.8 Å². The van der Waals surface area contributed by atoms with Crippen molar-refractivity contribution >= 4 is 11.6 Å². The predicted molar refractivity (Wildman–Crippen MR) is 101 cm³/mol. The maximum atomic E-state index is 12.6. The van der Waals surface area contributed by atoms with Crippen molar-refractivity contribution in [1.29, 1.82) is 0 Å². The first kappa shape index (κ1) is 17.5. The van der Waals surface area contributed by atoms with Gasteiger partial charge in [-0.15, -0.1) is 0 Å². The van der Waals surface area contributed by atoms with Crippen molar-refractivity contribution in [3.05, 3.63) is 59.7 Å². The number of likely N-dealkylation sites (N-methyl/N-ethyl adjacent to an activating group) is 1. The molecule has 2 N–H and O–H groups in total. The molecule has 25 heavy (non-hydrogen) atoms. The number of hydrogen-bond donors (Lipinski definition) is 2. The molecule has 3 rings (SSSR count). The topological polar surface area (TPSA) is 50.4 Å². The van der Waals surface area contributed by atoms with Crippen LogP contribution in [-0.2, 0) is 6.42 Å². The van der Waals surface area contributed by atoms with Crippen molar-refractivity contribution in [3.63, 3.8) is 0 Å². The molecule has 1 amide bonds. The summed E-state index contributed by atoms with van der Waals surface area (Å²) in [5.41, 5.74) is 2.56. The van der Waals surface area contributed by atoms with E-state index in [0.717, 1.165) is 48.4 Å². The van der Waals surface area contributed by atoms with Crippen molar-refractivity contribution in [2.24, 2.45) is 0 Å². The van der Waals surface area contributed by atoms with E-state index >= 15 is 0 Å². The zero-order valence-electron chi connectivity index (χ0n) is 14.8. The predicted octanol–water partition coefficient (Wildman–Crippen LogP) is 4.02. The van der Waals surface area contributed by atoms with E-state index in [0.29, 0.717) is 6.10 Å². The third kappa shape index (κ3) is 4.83. The number of hydrogen-bond acceptors (Lipinski definition) is 3. The molecule has 0 aromatic heterocycles. The Morgan fingerprint density at radius 2 is 1.80 bits per heavy atom. The third-order valence-corrected chi connectivity index (χ3v) is 4.62. The van der Waals surface area contributed by atoms with Gasteiger partial charge in [-0.05, 0) is 81.6 Å². The highest BCUT2D eigenvalue weighted by molar-refractivity contribution is 6.05. The Bertz CT molecular complexity index is 691. The molecule has 0 unspecified atom stereocenters. The molecule has 0 heterocycles. The lowest BCUT2D eigenvalue weighted by atomic mass is 10.0. The van der Waals surface area contributed by atoms with E-state index in [-0.39, 0.29) is 5.91 Å². The fraction of sp³-hybridized carbons (Fsp3) is 0.381. The molecule has 0 spiro atoms. The van der Waals surface area contributed by atoms with Gasteiger partial charge in [-0.3, -0.25) is 4.79 Å². The Labute approximate surface area is 149 Å². The number of carbonyl (C=O) groups excluding carboxylic acids is 1. The second-order valence-electron chi connectivity index (χ2n) is 6.51. The van der Waals surface area contributed by atoms with Crippen LogP contribution in [0.1, 0.15) is 41.6 Å². The smallest absolute Gasteiger partial charge is 0.255 e. The molecule has 4 nitrogen and oxygen atoms in total. The van der Waals surface area contributed by atoms with Gasteiger partial charge in [0, 0.05) is 11.3 Å². The lowest BCUT2D eigenvalue weighted by molar-refractivity contribution is 0.102. The van der Waals surface area contributed by atoms with Crippen molar-refractivity contribution in [3.8, 4) is 5.75 Å². The van der Waals surface area contributed by atoms with Crippen LogP contribution in [0.4, 0.5) is 5.69 Å². The first-order chi connectivity index (χ1) is 12.3. The number of benzene rings is 2. The number of ether oxygens (including phenoxy) is 1. The van der Waals surface area contributed by atoms with Crippen LogP contribution in [0, 0.1) is 0 Å². The number of anilines is 1. The zero-order chi connectivity index (χ0) is 17.5. The SMILES string of the molecule is CNCCc1ccccc1C(=O)Nc1ccc(OC2CCCC2)cc1. The molecule has 0 radical (unpaired) electrons. The average molecular weight is 338 g/mol. The molecule has 1 aliphatic carbocycles. The summed E-state index contributed by atoms with van der Waals surface area (Å²) in [4.78, 5) is 12.6. The molecule has 0 atom stereocenters. The Morgan fingerprint density at radius 3 is 2.52 bits per heavy atom. The summed E-state index contributed by atoms with van der Waals surface area (Å²) in [5, 5.41) is 6.10. The highest BCUT2D eigenvalue weighted by Crippen LogP contribution is 2.25. The van der Waals surface area contributed by atoms with Crippen molar-refractivity contribution in [1.82, 2.24) is 5.32 Å². The quantitative estimate of drug-likeness (QED) is 0.801. The summed E-state index contributed by atoms with van der Waals surface area (Å²) in [6.07, 6.45) is 5.97. The third-order valence-electron chi connectivity index (χ3n) is 4.62. The number of amides is 1. The van der Waals surface area contributed by atoms with Crippen LogP contribution >= 0.6 is 0 Å². The first-order valence-corrected chi connectivity index (χ1v) is 9.07. The highest BCUT2D eigenvalue weighted by Gasteiger charge is 2.16. The van der Waals surface area contributed by atoms with E-state index in [9.17, 15) is 4.79 Å². The van der Waals surface area contributed by atoms with Gasteiger partial charge in [0.2, 0.25) is 0 Å². The van der Waals surface area contributed by atoms with E-state index in [4.69, 9.17) is 4.74 Å². The first-order valence-electron chi connectivity index (χ1n) is 9.07. The maximum Gasteiger partial charge on any atom is 0.255 e. The van der Waals surface area contributed by atoms with Crippen LogP contribution < -0.4 is 15.4 Å². The molecule has 132 valence electrons. The minimum absolute atomic E-state index is 0.0730. The van der Waals surface area contributed by atoms with Crippen LogP contribution in [0.5, 0.6) is 5.75 Å². The van der Waals surface area contributed by atoms with Gasteiger partial charge in [-0.1, -0.05) is 18.2 Å². The van der Waals surface area contributed by atoms with Crippen LogP contribution in [-0.4, -0.2) is 25.6 Å². The summed E-state index contributed by atoms with van der Waals surface area (Å²) < 4.78 is 5.96. The van der Waals surface area contributed by atoms with Gasteiger partial charge in [0.15, 0.2) is 0 Å². The molecular formula is C21H26N2O2. The normalized spacial score (nSPS) is 14.4. The fourth-order valence-electron chi connectivity index (χ4n) is 3.23. The molecule has 1 aliphatic rings. The maximum absolute atomic E-state index is 12.6. The molecule has 0 aliphatic heterocycles. The minimum atomic E-state index is -0.0730. The van der Waals surface area contributed by atoms with Crippen molar-refractivity contribution < 1.29 is 9.53 Å². The molecule has 0 saturated heterocycles. The number of nitrogens with one attached hydrogen (secondary N) is 2. The molecule has 2 aromatic carbocycles. The molecule has 2 aromatic rings. The summed E-state index contributed by atoms with van der Waals surface area (Å²) in [6, 6.07) is 15.4. The Hall–Kier alpha value is -2.33. The number of carbonyl (C=O) groups is 1. The molecule has 0 bridgehead atoms. The average Bonchev–Trinajstić information content (AvgIpc) is 3.15. The Morgan fingerprint density at radius 1 is 1.08 bits per heavy atom. The lowest BCUT2D eigenvalue weighted by Gasteiger charge is -2.14. The summed E-state index contributed by atoms with van der Waals surface area (Å²) in [5.74, 6) is 0.801. The standard InChI is InChI=1S/C21H26N2O2/c1-22-15-14-16-6-2-5-9-20(16)21(24)23-17-10-12-19(13-11-17)25-18-7-3-4-8-18/h2,5-6,9-13,18,22H,3-4,7-8,14-15H2,1H3,(H,23,24). The van der Waals surface area contributed by atoms with Gasteiger partial charge in [0.25, 0.3) is 5.91 Å². The largest absolute Gasteiger partial charge is 0.490 e. The van der Waals surface area contributed by atoms with Gasteiger partial charge in [-0.2, -0.15) is 0 Å². The summed E-state index contributed by atoms with van der Waals surface area (Å²) in [7, 11) is 1.91. The molecule has 1 saturated carbocycles. The monoisotopic (exact) mass is 338 g/mol. The van der Waals surface area contributed by atoms with Crippen LogP contribution in [0.2, 0.25) is 0 Å². The van der Waals surface area contributed by atoms with Gasteiger partial charge in [-0.25, -0.2) is 0 Å². The van der Waals surface area contributed by atoms with E-state index in [1.54, 1.807) is 0 Å². The number of rotatable bonds is 7.